The molecule has 0 amide bonds. The fourth-order valence-corrected chi connectivity index (χ4v) is 2.58. The standard InChI is InChI=1S/C9H20N3O4P/c1-6-15-17(12(3)4,16-7-2)11-10-8-9(13)14-5/h8H,6-7H2,1-5H3/b10-8+. The van der Waals surface area contributed by atoms with Crippen molar-refractivity contribution in [1.29, 1.82) is 0 Å². The van der Waals surface area contributed by atoms with Crippen LogP contribution >= 0.6 is 7.66 Å². The molecule has 0 aromatic carbocycles. The highest BCUT2D eigenvalue weighted by molar-refractivity contribution is 7.53. The third-order valence-corrected chi connectivity index (χ3v) is 4.16. The summed E-state index contributed by atoms with van der Waals surface area (Å²) >= 11 is 0. The van der Waals surface area contributed by atoms with Gasteiger partial charge in [-0.3, -0.25) is 0 Å². The molecular formula is C9H20N3O4P. The van der Waals surface area contributed by atoms with Gasteiger partial charge in [0.2, 0.25) is 0 Å². The number of nitrogens with zero attached hydrogens (tertiary/aromatic N) is 3. The van der Waals surface area contributed by atoms with Crippen LogP contribution < -0.4 is 0 Å². The van der Waals surface area contributed by atoms with E-state index in [1.807, 2.05) is 13.8 Å². The van der Waals surface area contributed by atoms with Crippen molar-refractivity contribution < 1.29 is 18.6 Å². The van der Waals surface area contributed by atoms with E-state index < -0.39 is 13.6 Å². The van der Waals surface area contributed by atoms with Crippen LogP contribution in [0.15, 0.2) is 9.96 Å². The topological polar surface area (TPSA) is 72.7 Å². The van der Waals surface area contributed by atoms with Crippen molar-refractivity contribution in [2.24, 2.45) is 9.96 Å². The highest BCUT2D eigenvalue weighted by atomic mass is 31.2. The maximum Gasteiger partial charge on any atom is 0.351 e. The van der Waals surface area contributed by atoms with Gasteiger partial charge in [0, 0.05) is 0 Å². The predicted molar refractivity (Wildman–Crippen MR) is 66.8 cm³/mol. The first-order valence-electron chi connectivity index (χ1n) is 5.21. The Morgan fingerprint density at radius 2 is 1.82 bits per heavy atom. The molecule has 0 bridgehead atoms. The molecule has 0 aliphatic rings. The molecular weight excluding hydrogens is 245 g/mol. The van der Waals surface area contributed by atoms with E-state index in [4.69, 9.17) is 9.05 Å². The Morgan fingerprint density at radius 1 is 1.29 bits per heavy atom. The van der Waals surface area contributed by atoms with Crippen molar-refractivity contribution in [1.82, 2.24) is 4.67 Å². The highest BCUT2D eigenvalue weighted by Gasteiger charge is 2.24. The van der Waals surface area contributed by atoms with Gasteiger partial charge in [0.15, 0.2) is 0 Å². The van der Waals surface area contributed by atoms with Crippen LogP contribution in [-0.2, 0) is 18.6 Å². The Bertz CT molecular complexity index is 307. The second-order valence-electron chi connectivity index (χ2n) is 3.03. The normalized spacial score (nSPS) is 12.1. The maximum atomic E-state index is 10.9. The van der Waals surface area contributed by atoms with Gasteiger partial charge in [-0.15, -0.1) is 5.10 Å². The Labute approximate surface area is 102 Å². The quantitative estimate of drug-likeness (QED) is 0.303. The molecule has 100 valence electrons. The lowest BCUT2D eigenvalue weighted by atomic mass is 10.8. The van der Waals surface area contributed by atoms with Crippen LogP contribution in [0.1, 0.15) is 13.8 Å². The molecule has 17 heavy (non-hydrogen) atoms. The summed E-state index contributed by atoms with van der Waals surface area (Å²) in [4.78, 5) is 14.9. The molecule has 0 aliphatic heterocycles. The van der Waals surface area contributed by atoms with Gasteiger partial charge in [0.1, 0.15) is 6.21 Å². The third-order valence-electron chi connectivity index (χ3n) is 1.63. The smallest absolute Gasteiger partial charge is 0.351 e. The molecule has 0 atom stereocenters. The summed E-state index contributed by atoms with van der Waals surface area (Å²) in [5, 5.41) is 3.66. The van der Waals surface area contributed by atoms with E-state index in [1.165, 1.54) is 7.11 Å². The Morgan fingerprint density at radius 3 is 2.18 bits per heavy atom. The van der Waals surface area contributed by atoms with Crippen molar-refractivity contribution in [2.45, 2.75) is 13.8 Å². The number of ether oxygens (including phenoxy) is 1. The van der Waals surface area contributed by atoms with E-state index in [-0.39, 0.29) is 0 Å². The minimum atomic E-state index is -2.58. The Balaban J connectivity index is 5.05. The highest BCUT2D eigenvalue weighted by Crippen LogP contribution is 2.53. The number of carbonyl (C=O) groups excluding carboxylic acids is 1. The van der Waals surface area contributed by atoms with Gasteiger partial charge in [-0.05, 0) is 27.9 Å². The first kappa shape index (κ1) is 16.2. The summed E-state index contributed by atoms with van der Waals surface area (Å²) in [5.74, 6) is -0.571. The fourth-order valence-electron chi connectivity index (χ4n) is 0.927. The van der Waals surface area contributed by atoms with Gasteiger partial charge in [-0.1, -0.05) is 4.85 Å². The molecule has 0 saturated carbocycles. The average Bonchev–Trinajstić information content (AvgIpc) is 2.28. The first-order valence-corrected chi connectivity index (χ1v) is 6.74. The van der Waals surface area contributed by atoms with Gasteiger partial charge in [0.05, 0.1) is 20.3 Å². The molecule has 0 aromatic rings. The van der Waals surface area contributed by atoms with E-state index in [9.17, 15) is 4.79 Å². The van der Waals surface area contributed by atoms with Crippen molar-refractivity contribution >= 4 is 19.8 Å². The molecule has 0 rings (SSSR count). The molecule has 7 nitrogen and oxygen atoms in total. The summed E-state index contributed by atoms with van der Waals surface area (Å²) in [6, 6.07) is 0. The number of methoxy groups -OCH3 is 1. The predicted octanol–water partition coefficient (Wildman–Crippen LogP) is 1.73. The van der Waals surface area contributed by atoms with Gasteiger partial charge in [-0.2, -0.15) is 0 Å². The third kappa shape index (κ3) is 5.41. The average molecular weight is 265 g/mol. The summed E-state index contributed by atoms with van der Waals surface area (Å²) in [5.41, 5.74) is 0. The monoisotopic (exact) mass is 265 g/mol. The molecule has 0 aliphatic carbocycles. The zero-order valence-electron chi connectivity index (χ0n) is 10.9. The number of hydrogen-bond donors (Lipinski definition) is 0. The zero-order chi connectivity index (χ0) is 13.3. The van der Waals surface area contributed by atoms with E-state index in [2.05, 4.69) is 14.7 Å². The first-order chi connectivity index (χ1) is 8.02. The van der Waals surface area contributed by atoms with Crippen LogP contribution in [0.2, 0.25) is 0 Å². The maximum absolute atomic E-state index is 10.9. The number of hydrogen-bond acceptors (Lipinski definition) is 5. The number of carbonyl (C=O) groups is 1. The minimum Gasteiger partial charge on any atom is -0.465 e. The summed E-state index contributed by atoms with van der Waals surface area (Å²) in [6.45, 7) is 4.58. The second kappa shape index (κ2) is 8.36. The molecule has 0 unspecified atom stereocenters. The van der Waals surface area contributed by atoms with Gasteiger partial charge in [-0.25, -0.2) is 9.46 Å². The van der Waals surface area contributed by atoms with Crippen LogP contribution in [0.25, 0.3) is 0 Å². The minimum absolute atomic E-state index is 0.448. The van der Waals surface area contributed by atoms with Gasteiger partial charge >= 0.3 is 13.6 Å². The van der Waals surface area contributed by atoms with E-state index in [0.29, 0.717) is 13.2 Å². The second-order valence-corrected chi connectivity index (χ2v) is 5.51. The fraction of sp³-hybridized carbons (Fsp3) is 0.778. The summed E-state index contributed by atoms with van der Waals surface area (Å²) < 4.78 is 17.2. The van der Waals surface area contributed by atoms with Crippen LogP contribution in [0.4, 0.5) is 0 Å². The molecule has 0 radical (unpaired) electrons. The van der Waals surface area contributed by atoms with Gasteiger partial charge in [0.25, 0.3) is 0 Å². The molecule has 0 spiro atoms. The Kier molecular flexibility index (Phi) is 7.99. The molecule has 0 saturated heterocycles. The van der Waals surface area contributed by atoms with Gasteiger partial charge < -0.3 is 13.8 Å². The summed E-state index contributed by atoms with van der Waals surface area (Å²) in [7, 11) is 2.27. The number of rotatable bonds is 7. The largest absolute Gasteiger partial charge is 0.465 e. The SMILES string of the molecule is CCOP(=N/N=C/C(=O)OC)(OCC)N(C)C. The van der Waals surface area contributed by atoms with Crippen LogP contribution in [0.3, 0.4) is 0 Å². The van der Waals surface area contributed by atoms with E-state index in [0.717, 1.165) is 6.21 Å². The summed E-state index contributed by atoms with van der Waals surface area (Å²) in [6.07, 6.45) is 0.982. The van der Waals surface area contributed by atoms with Crippen molar-refractivity contribution in [2.75, 3.05) is 34.4 Å². The lowest BCUT2D eigenvalue weighted by Gasteiger charge is -2.27. The molecule has 8 heteroatoms. The molecule has 0 aromatic heterocycles. The lowest BCUT2D eigenvalue weighted by Crippen LogP contribution is -2.13. The zero-order valence-corrected chi connectivity index (χ0v) is 11.8. The van der Waals surface area contributed by atoms with Crippen LogP contribution in [-0.4, -0.2) is 51.3 Å². The van der Waals surface area contributed by atoms with E-state index >= 15 is 0 Å². The molecule has 0 N–H and O–H groups in total. The lowest BCUT2D eigenvalue weighted by molar-refractivity contribution is -0.132. The molecule has 0 fully saturated rings. The molecule has 0 heterocycles. The van der Waals surface area contributed by atoms with Crippen molar-refractivity contribution in [3.63, 3.8) is 0 Å². The number of esters is 1. The van der Waals surface area contributed by atoms with E-state index in [1.54, 1.807) is 18.8 Å². The van der Waals surface area contributed by atoms with Crippen molar-refractivity contribution in [3.05, 3.63) is 0 Å². The van der Waals surface area contributed by atoms with Crippen LogP contribution in [0.5, 0.6) is 0 Å². The van der Waals surface area contributed by atoms with Crippen molar-refractivity contribution in [3.8, 4) is 0 Å². The van der Waals surface area contributed by atoms with Crippen LogP contribution in [0, 0.1) is 0 Å². The Hall–Kier alpha value is -0.750.